The molecule has 0 radical (unpaired) electrons. The fourth-order valence-electron chi connectivity index (χ4n) is 2.99. The number of nitrogens with one attached hydrogen (secondary N) is 4. The molecule has 2 heterocycles. The molecule has 1 aliphatic carbocycles. The summed E-state index contributed by atoms with van der Waals surface area (Å²) < 4.78 is 0. The first-order valence-corrected chi connectivity index (χ1v) is 9.77. The minimum Gasteiger partial charge on any atom is -0.394 e. The molecule has 3 rings (SSSR count). The van der Waals surface area contributed by atoms with Gasteiger partial charge in [-0.3, -0.25) is 15.0 Å². The molecule has 1 fully saturated rings. The zero-order valence-electron chi connectivity index (χ0n) is 17.0. The maximum absolute atomic E-state index is 13.1. The Hall–Kier alpha value is -3.62. The first kappa shape index (κ1) is 21.1. The number of anilines is 2. The second-order valence-electron chi connectivity index (χ2n) is 6.99. The fourth-order valence-corrected chi connectivity index (χ4v) is 2.99. The lowest BCUT2D eigenvalue weighted by molar-refractivity contribution is -0.114. The van der Waals surface area contributed by atoms with Crippen LogP contribution in [0.2, 0.25) is 0 Å². The average molecular weight is 407 g/mol. The normalized spacial score (nSPS) is 13.5. The number of ketones is 1. The van der Waals surface area contributed by atoms with Crippen LogP contribution in [-0.4, -0.2) is 46.4 Å². The van der Waals surface area contributed by atoms with E-state index in [2.05, 4.69) is 30.9 Å². The summed E-state index contributed by atoms with van der Waals surface area (Å²) in [5.74, 6) is -0.250. The smallest absolute Gasteiger partial charge is 0.269 e. The van der Waals surface area contributed by atoms with Crippen molar-refractivity contribution < 1.29 is 9.59 Å². The Morgan fingerprint density at radius 2 is 1.90 bits per heavy atom. The summed E-state index contributed by atoms with van der Waals surface area (Å²) in [6.45, 7) is 0. The van der Waals surface area contributed by atoms with Crippen molar-refractivity contribution in [2.24, 2.45) is 0 Å². The van der Waals surface area contributed by atoms with Crippen molar-refractivity contribution in [3.05, 3.63) is 54.0 Å². The Bertz CT molecular complexity index is 969. The number of nitrogens with zero attached hydrogens (tertiary/aromatic N) is 3. The van der Waals surface area contributed by atoms with E-state index in [1.165, 1.54) is 13.4 Å². The van der Waals surface area contributed by atoms with Crippen LogP contribution >= 0.6 is 0 Å². The van der Waals surface area contributed by atoms with Gasteiger partial charge in [-0.2, -0.15) is 0 Å². The summed E-state index contributed by atoms with van der Waals surface area (Å²) >= 11 is 0. The molecule has 2 aromatic heterocycles. The lowest BCUT2D eigenvalue weighted by atomic mass is 10.0. The van der Waals surface area contributed by atoms with E-state index in [1.807, 2.05) is 12.1 Å². The molecule has 9 heteroatoms. The Labute approximate surface area is 174 Å². The molecule has 9 nitrogen and oxygen atoms in total. The van der Waals surface area contributed by atoms with Crippen LogP contribution in [-0.2, 0) is 4.79 Å². The van der Waals surface area contributed by atoms with Gasteiger partial charge in [-0.25, -0.2) is 15.0 Å². The molecule has 30 heavy (non-hydrogen) atoms. The highest BCUT2D eigenvalue weighted by Gasteiger charge is 2.27. The number of rotatable bonds is 10. The van der Waals surface area contributed by atoms with E-state index in [4.69, 9.17) is 5.41 Å². The second-order valence-corrected chi connectivity index (χ2v) is 6.99. The van der Waals surface area contributed by atoms with Crippen molar-refractivity contribution in [2.45, 2.75) is 31.6 Å². The van der Waals surface area contributed by atoms with Gasteiger partial charge in [-0.05, 0) is 37.0 Å². The van der Waals surface area contributed by atoms with Gasteiger partial charge >= 0.3 is 0 Å². The summed E-state index contributed by atoms with van der Waals surface area (Å²) in [7, 11) is 3.15. The summed E-state index contributed by atoms with van der Waals surface area (Å²) in [5.41, 5.74) is 2.79. The van der Waals surface area contributed by atoms with Gasteiger partial charge in [0.25, 0.3) is 5.91 Å². The molecule has 0 saturated heterocycles. The highest BCUT2D eigenvalue weighted by atomic mass is 16.1. The minimum absolute atomic E-state index is 0.119. The molecule has 0 bridgehead atoms. The van der Waals surface area contributed by atoms with Crippen LogP contribution < -0.4 is 16.0 Å². The standard InChI is InChI=1S/C21H25N7O2/c1-23-9-14(19(22)21(30)24-2)5-8-18(29)20-17(27-15-10-25-12-26-11-15)7-6-16(28-20)13-3-4-13/h6-7,9-13,22-23,27H,3-5,8H2,1-2H3,(H,24,30)/b14-9-,22-19?. The van der Waals surface area contributed by atoms with E-state index in [0.29, 0.717) is 28.6 Å². The zero-order chi connectivity index (χ0) is 21.5. The molecular formula is C21H25N7O2. The van der Waals surface area contributed by atoms with E-state index in [0.717, 1.165) is 18.5 Å². The SMILES string of the molecule is CN/C=C(/CCC(=O)c1nc(C2CC2)ccc1Nc1cncnc1)C(=N)C(=O)NC. The van der Waals surface area contributed by atoms with Crippen molar-refractivity contribution in [3.63, 3.8) is 0 Å². The van der Waals surface area contributed by atoms with Crippen LogP contribution in [0.1, 0.15) is 47.8 Å². The highest BCUT2D eigenvalue weighted by Crippen LogP contribution is 2.39. The van der Waals surface area contributed by atoms with Crippen LogP contribution in [0.25, 0.3) is 0 Å². The quantitative estimate of drug-likeness (QED) is 0.351. The van der Waals surface area contributed by atoms with Crippen LogP contribution in [0.4, 0.5) is 11.4 Å². The number of Topliss-reactive ketones (excluding diaryl/α,β-unsaturated/α-hetero) is 1. The van der Waals surface area contributed by atoms with Crippen molar-refractivity contribution in [3.8, 4) is 0 Å². The summed E-state index contributed by atoms with van der Waals surface area (Å²) in [5, 5.41) is 16.4. The van der Waals surface area contributed by atoms with Gasteiger partial charge < -0.3 is 16.0 Å². The molecule has 0 spiro atoms. The van der Waals surface area contributed by atoms with Crippen molar-refractivity contribution in [2.75, 3.05) is 19.4 Å². The molecule has 1 amide bonds. The summed E-state index contributed by atoms with van der Waals surface area (Å²) in [6.07, 6.45) is 8.77. The molecule has 4 N–H and O–H groups in total. The van der Waals surface area contributed by atoms with Crippen LogP contribution in [0.5, 0.6) is 0 Å². The van der Waals surface area contributed by atoms with E-state index in [9.17, 15) is 9.59 Å². The topological polar surface area (TPSA) is 133 Å². The largest absolute Gasteiger partial charge is 0.394 e. The van der Waals surface area contributed by atoms with Gasteiger partial charge in [-0.1, -0.05) is 0 Å². The van der Waals surface area contributed by atoms with E-state index in [-0.39, 0.29) is 24.3 Å². The van der Waals surface area contributed by atoms with E-state index >= 15 is 0 Å². The molecule has 2 aromatic rings. The number of pyridine rings is 1. The number of aromatic nitrogens is 3. The van der Waals surface area contributed by atoms with Crippen LogP contribution in [0.3, 0.4) is 0 Å². The molecule has 0 unspecified atom stereocenters. The third-order valence-electron chi connectivity index (χ3n) is 4.73. The predicted molar refractivity (Wildman–Crippen MR) is 114 cm³/mol. The van der Waals surface area contributed by atoms with Crippen molar-refractivity contribution in [1.82, 2.24) is 25.6 Å². The Morgan fingerprint density at radius 3 is 2.53 bits per heavy atom. The van der Waals surface area contributed by atoms with Gasteiger partial charge in [0.2, 0.25) is 0 Å². The number of hydrogen-bond donors (Lipinski definition) is 4. The number of hydrogen-bond acceptors (Lipinski definition) is 8. The third-order valence-corrected chi connectivity index (χ3v) is 4.73. The van der Waals surface area contributed by atoms with Gasteiger partial charge in [0.1, 0.15) is 17.7 Å². The monoisotopic (exact) mass is 407 g/mol. The lowest BCUT2D eigenvalue weighted by Crippen LogP contribution is -2.29. The van der Waals surface area contributed by atoms with Gasteiger partial charge in [0.15, 0.2) is 5.78 Å². The third kappa shape index (κ3) is 5.25. The van der Waals surface area contributed by atoms with Crippen molar-refractivity contribution in [1.29, 1.82) is 5.41 Å². The van der Waals surface area contributed by atoms with E-state index < -0.39 is 5.91 Å². The Balaban J connectivity index is 1.80. The van der Waals surface area contributed by atoms with E-state index in [1.54, 1.807) is 25.6 Å². The number of amides is 1. The fraction of sp³-hybridized carbons (Fsp3) is 0.333. The van der Waals surface area contributed by atoms with Crippen molar-refractivity contribution >= 4 is 28.8 Å². The maximum Gasteiger partial charge on any atom is 0.269 e. The van der Waals surface area contributed by atoms with Gasteiger partial charge in [-0.15, -0.1) is 0 Å². The molecule has 1 saturated carbocycles. The highest BCUT2D eigenvalue weighted by molar-refractivity contribution is 6.44. The summed E-state index contributed by atoms with van der Waals surface area (Å²) in [4.78, 5) is 37.5. The number of carbonyl (C=O) groups excluding carboxylic acids is 2. The Kier molecular flexibility index (Phi) is 6.84. The first-order valence-electron chi connectivity index (χ1n) is 9.77. The first-order chi connectivity index (χ1) is 14.5. The molecular weight excluding hydrogens is 382 g/mol. The van der Waals surface area contributed by atoms with Gasteiger partial charge in [0.05, 0.1) is 23.8 Å². The minimum atomic E-state index is -0.496. The average Bonchev–Trinajstić information content (AvgIpc) is 3.62. The second kappa shape index (κ2) is 9.73. The molecule has 0 aromatic carbocycles. The zero-order valence-corrected chi connectivity index (χ0v) is 17.0. The molecule has 156 valence electrons. The molecule has 1 aliphatic rings. The Morgan fingerprint density at radius 1 is 1.17 bits per heavy atom. The van der Waals surface area contributed by atoms with Crippen LogP contribution in [0.15, 0.2) is 42.6 Å². The van der Waals surface area contributed by atoms with Crippen LogP contribution in [0, 0.1) is 5.41 Å². The van der Waals surface area contributed by atoms with Gasteiger partial charge in [0, 0.05) is 38.3 Å². The summed E-state index contributed by atoms with van der Waals surface area (Å²) in [6, 6.07) is 3.80. The molecule has 0 atom stereocenters. The predicted octanol–water partition coefficient (Wildman–Crippen LogP) is 2.32. The lowest BCUT2D eigenvalue weighted by Gasteiger charge is -2.13. The number of carbonyl (C=O) groups is 2. The molecule has 0 aliphatic heterocycles. The maximum atomic E-state index is 13.1.